The van der Waals surface area contributed by atoms with Crippen molar-refractivity contribution in [2.75, 3.05) is 7.11 Å². The van der Waals surface area contributed by atoms with Crippen molar-refractivity contribution in [1.82, 2.24) is 0 Å². The monoisotopic (exact) mass is 272 g/mol. The molecule has 18 heavy (non-hydrogen) atoms. The van der Waals surface area contributed by atoms with Gasteiger partial charge >= 0.3 is 16.0 Å². The van der Waals surface area contributed by atoms with Crippen LogP contribution in [0.4, 0.5) is 0 Å². The molecule has 2 rings (SSSR count). The first-order valence-corrected chi connectivity index (χ1v) is 6.04. The third-order valence-corrected chi connectivity index (χ3v) is 2.49. The van der Waals surface area contributed by atoms with Crippen LogP contribution in [-0.2, 0) is 10.4 Å². The highest BCUT2D eigenvalue weighted by Gasteiger charge is 2.14. The predicted molar refractivity (Wildman–Crippen MR) is 61.2 cm³/mol. The second-order valence-electron chi connectivity index (χ2n) is 3.31. The number of hydrogen-bond acceptors (Lipinski definition) is 6. The van der Waals surface area contributed by atoms with Crippen LogP contribution in [0.2, 0.25) is 0 Å². The quantitative estimate of drug-likeness (QED) is 0.656. The Morgan fingerprint density at radius 3 is 2.56 bits per heavy atom. The van der Waals surface area contributed by atoms with E-state index >= 15 is 0 Å². The highest BCUT2D eigenvalue weighted by Crippen LogP contribution is 2.32. The summed E-state index contributed by atoms with van der Waals surface area (Å²) in [5.74, 6) is -0.198. The number of fused-ring (bicyclic) bond motifs is 1. The molecule has 0 saturated carbocycles. The minimum atomic E-state index is -4.69. The van der Waals surface area contributed by atoms with E-state index in [1.54, 1.807) is 0 Å². The SMILES string of the molecule is COc1cc2ccc(=O)oc2cc1OS(=O)(=O)O. The van der Waals surface area contributed by atoms with Gasteiger partial charge in [-0.3, -0.25) is 4.55 Å². The van der Waals surface area contributed by atoms with Gasteiger partial charge in [-0.2, -0.15) is 8.42 Å². The summed E-state index contributed by atoms with van der Waals surface area (Å²) in [5, 5.41) is 0.522. The molecule has 1 aromatic heterocycles. The highest BCUT2D eigenvalue weighted by molar-refractivity contribution is 7.81. The van der Waals surface area contributed by atoms with Crippen LogP contribution in [0.5, 0.6) is 11.5 Å². The molecule has 0 aliphatic heterocycles. The molecule has 0 amide bonds. The van der Waals surface area contributed by atoms with Gasteiger partial charge in [0, 0.05) is 17.5 Å². The topological polar surface area (TPSA) is 103 Å². The molecule has 1 aromatic carbocycles. The molecular formula is C10H8O7S. The van der Waals surface area contributed by atoms with E-state index in [4.69, 9.17) is 13.7 Å². The van der Waals surface area contributed by atoms with Crippen molar-refractivity contribution in [3.8, 4) is 11.5 Å². The fourth-order valence-corrected chi connectivity index (χ4v) is 1.77. The van der Waals surface area contributed by atoms with Gasteiger partial charge in [-0.1, -0.05) is 0 Å². The van der Waals surface area contributed by atoms with Crippen LogP contribution in [0, 0.1) is 0 Å². The Hall–Kier alpha value is -2.06. The minimum absolute atomic E-state index is 0.0778. The number of hydrogen-bond donors (Lipinski definition) is 1. The summed E-state index contributed by atoms with van der Waals surface area (Å²) in [6.45, 7) is 0. The smallest absolute Gasteiger partial charge is 0.446 e. The molecule has 0 atom stereocenters. The Labute approximate surface area is 102 Å². The lowest BCUT2D eigenvalue weighted by molar-refractivity contribution is 0.360. The van der Waals surface area contributed by atoms with E-state index in [9.17, 15) is 13.2 Å². The molecular weight excluding hydrogens is 264 g/mol. The number of methoxy groups -OCH3 is 1. The molecule has 0 unspecified atom stereocenters. The van der Waals surface area contributed by atoms with E-state index in [1.807, 2.05) is 0 Å². The first-order valence-electron chi connectivity index (χ1n) is 4.68. The van der Waals surface area contributed by atoms with Crippen LogP contribution in [0.25, 0.3) is 11.0 Å². The molecule has 1 heterocycles. The largest absolute Gasteiger partial charge is 0.493 e. The average Bonchev–Trinajstić information content (AvgIpc) is 2.25. The van der Waals surface area contributed by atoms with Gasteiger partial charge < -0.3 is 13.3 Å². The van der Waals surface area contributed by atoms with Gasteiger partial charge in [0.15, 0.2) is 11.5 Å². The third kappa shape index (κ3) is 2.60. The van der Waals surface area contributed by atoms with E-state index < -0.39 is 16.0 Å². The molecule has 0 spiro atoms. The maximum Gasteiger partial charge on any atom is 0.446 e. The molecule has 96 valence electrons. The van der Waals surface area contributed by atoms with Crippen LogP contribution in [0.3, 0.4) is 0 Å². The van der Waals surface area contributed by atoms with E-state index in [2.05, 4.69) is 4.18 Å². The van der Waals surface area contributed by atoms with Crippen LogP contribution in [0.15, 0.2) is 33.5 Å². The van der Waals surface area contributed by atoms with Crippen LogP contribution in [0.1, 0.15) is 0 Å². The summed E-state index contributed by atoms with van der Waals surface area (Å²) in [4.78, 5) is 11.0. The molecule has 0 aliphatic rings. The summed E-state index contributed by atoms with van der Waals surface area (Å²) in [5.41, 5.74) is -0.479. The molecule has 0 saturated heterocycles. The van der Waals surface area contributed by atoms with Crippen molar-refractivity contribution >= 4 is 21.4 Å². The highest BCUT2D eigenvalue weighted by atomic mass is 32.3. The standard InChI is InChI=1S/C10H8O7S/c1-15-8-4-6-2-3-10(11)16-7(6)5-9(8)17-18(12,13)14/h2-5H,1H3,(H,12,13,14). The molecule has 0 radical (unpaired) electrons. The van der Waals surface area contributed by atoms with Crippen molar-refractivity contribution in [3.63, 3.8) is 0 Å². The maximum atomic E-state index is 11.0. The van der Waals surface area contributed by atoms with Crippen molar-refractivity contribution in [3.05, 3.63) is 34.7 Å². The zero-order valence-corrected chi connectivity index (χ0v) is 9.93. The van der Waals surface area contributed by atoms with Crippen molar-refractivity contribution in [2.24, 2.45) is 0 Å². The molecule has 1 N–H and O–H groups in total. The molecule has 0 fully saturated rings. The van der Waals surface area contributed by atoms with Crippen LogP contribution < -0.4 is 14.5 Å². The predicted octanol–water partition coefficient (Wildman–Crippen LogP) is 0.983. The van der Waals surface area contributed by atoms with Crippen LogP contribution >= 0.6 is 0 Å². The Balaban J connectivity index is 2.67. The number of ether oxygens (including phenoxy) is 1. The fourth-order valence-electron chi connectivity index (χ4n) is 1.41. The first kappa shape index (κ1) is 12.4. The van der Waals surface area contributed by atoms with E-state index in [1.165, 1.54) is 25.3 Å². The third-order valence-electron chi connectivity index (χ3n) is 2.10. The first-order chi connectivity index (χ1) is 8.39. The van der Waals surface area contributed by atoms with Crippen molar-refractivity contribution in [1.29, 1.82) is 0 Å². The van der Waals surface area contributed by atoms with Gasteiger partial charge in [0.1, 0.15) is 5.58 Å². The molecule has 0 aliphatic carbocycles. The lowest BCUT2D eigenvalue weighted by Crippen LogP contribution is -2.07. The molecule has 8 heteroatoms. The zero-order valence-electron chi connectivity index (χ0n) is 9.11. The summed E-state index contributed by atoms with van der Waals surface area (Å²) in [6.07, 6.45) is 0. The Kier molecular flexibility index (Phi) is 2.97. The number of rotatable bonds is 3. The Morgan fingerprint density at radius 1 is 1.22 bits per heavy atom. The minimum Gasteiger partial charge on any atom is -0.493 e. The zero-order chi connectivity index (χ0) is 13.3. The Bertz CT molecular complexity index is 744. The summed E-state index contributed by atoms with van der Waals surface area (Å²) in [7, 11) is -3.39. The van der Waals surface area contributed by atoms with Gasteiger partial charge in [0.05, 0.1) is 7.11 Å². The van der Waals surface area contributed by atoms with Gasteiger partial charge in [-0.25, -0.2) is 4.79 Å². The summed E-state index contributed by atoms with van der Waals surface area (Å²) < 4.78 is 44.0. The second kappa shape index (κ2) is 4.31. The van der Waals surface area contributed by atoms with Crippen molar-refractivity contribution < 1.29 is 26.3 Å². The summed E-state index contributed by atoms with van der Waals surface area (Å²) in [6, 6.07) is 5.26. The van der Waals surface area contributed by atoms with Crippen LogP contribution in [-0.4, -0.2) is 20.1 Å². The van der Waals surface area contributed by atoms with E-state index in [-0.39, 0.29) is 17.1 Å². The maximum absolute atomic E-state index is 11.0. The van der Waals surface area contributed by atoms with Gasteiger partial charge in [-0.05, 0) is 12.1 Å². The lowest BCUT2D eigenvalue weighted by Gasteiger charge is -2.08. The second-order valence-corrected chi connectivity index (χ2v) is 4.33. The number of benzene rings is 1. The van der Waals surface area contributed by atoms with E-state index in [0.29, 0.717) is 5.39 Å². The lowest BCUT2D eigenvalue weighted by atomic mass is 10.2. The molecule has 2 aromatic rings. The Morgan fingerprint density at radius 2 is 1.94 bits per heavy atom. The van der Waals surface area contributed by atoms with Gasteiger partial charge in [0.25, 0.3) is 0 Å². The van der Waals surface area contributed by atoms with E-state index in [0.717, 1.165) is 6.07 Å². The fraction of sp³-hybridized carbons (Fsp3) is 0.100. The van der Waals surface area contributed by atoms with Gasteiger partial charge in [-0.15, -0.1) is 0 Å². The van der Waals surface area contributed by atoms with Crippen molar-refractivity contribution in [2.45, 2.75) is 0 Å². The average molecular weight is 272 g/mol. The van der Waals surface area contributed by atoms with Gasteiger partial charge in [0.2, 0.25) is 0 Å². The normalized spacial score (nSPS) is 11.4. The molecule has 7 nitrogen and oxygen atoms in total. The summed E-state index contributed by atoms with van der Waals surface area (Å²) >= 11 is 0. The molecule has 0 bridgehead atoms.